The number of aryl methyl sites for hydroxylation is 1. The zero-order chi connectivity index (χ0) is 17.6. The number of hydrogen-bond acceptors (Lipinski definition) is 6. The standard InChI is InChI=1S/C18H16BrN3OS2/c1-12-4-2-3-5-14(12)11-24-18-22-21-17(25-18)20-10-16(23)13-6-8-15(19)9-7-13/h2-9H,10-11H2,1H3,(H,20,21). The zero-order valence-electron chi connectivity index (χ0n) is 13.5. The highest BCUT2D eigenvalue weighted by Crippen LogP contribution is 2.29. The third-order valence-electron chi connectivity index (χ3n) is 3.59. The molecular weight excluding hydrogens is 418 g/mol. The molecule has 0 saturated carbocycles. The van der Waals surface area contributed by atoms with Crippen molar-refractivity contribution in [1.82, 2.24) is 10.2 Å². The summed E-state index contributed by atoms with van der Waals surface area (Å²) < 4.78 is 1.85. The Labute approximate surface area is 163 Å². The Hall–Kier alpha value is -1.70. The summed E-state index contributed by atoms with van der Waals surface area (Å²) >= 11 is 6.49. The lowest BCUT2D eigenvalue weighted by atomic mass is 10.1. The van der Waals surface area contributed by atoms with Gasteiger partial charge in [-0.05, 0) is 30.2 Å². The molecule has 7 heteroatoms. The van der Waals surface area contributed by atoms with Gasteiger partial charge in [0.15, 0.2) is 10.1 Å². The first-order valence-electron chi connectivity index (χ1n) is 7.65. The number of ketones is 1. The van der Waals surface area contributed by atoms with Crippen LogP contribution in [0.2, 0.25) is 0 Å². The van der Waals surface area contributed by atoms with Crippen molar-refractivity contribution in [2.75, 3.05) is 11.9 Å². The smallest absolute Gasteiger partial charge is 0.206 e. The van der Waals surface area contributed by atoms with Gasteiger partial charge in [-0.2, -0.15) is 0 Å². The van der Waals surface area contributed by atoms with E-state index in [1.54, 1.807) is 23.9 Å². The number of Topliss-reactive ketones (excluding diaryl/α,β-unsaturated/α-hetero) is 1. The van der Waals surface area contributed by atoms with Crippen LogP contribution in [0.1, 0.15) is 21.5 Å². The molecule has 1 N–H and O–H groups in total. The highest BCUT2D eigenvalue weighted by atomic mass is 79.9. The lowest BCUT2D eigenvalue weighted by Gasteiger charge is -2.03. The highest BCUT2D eigenvalue weighted by Gasteiger charge is 2.09. The van der Waals surface area contributed by atoms with Crippen LogP contribution >= 0.6 is 39.0 Å². The summed E-state index contributed by atoms with van der Waals surface area (Å²) in [6.45, 7) is 2.31. The van der Waals surface area contributed by atoms with Gasteiger partial charge in [-0.3, -0.25) is 4.79 Å². The number of anilines is 1. The summed E-state index contributed by atoms with van der Waals surface area (Å²) in [6.07, 6.45) is 0. The predicted octanol–water partition coefficient (Wildman–Crippen LogP) is 5.20. The second-order valence-electron chi connectivity index (χ2n) is 5.37. The Kier molecular flexibility index (Phi) is 6.23. The summed E-state index contributed by atoms with van der Waals surface area (Å²) in [6, 6.07) is 15.6. The maximum Gasteiger partial charge on any atom is 0.206 e. The Balaban J connectivity index is 1.52. The van der Waals surface area contributed by atoms with Gasteiger partial charge in [-0.25, -0.2) is 0 Å². The number of nitrogens with one attached hydrogen (secondary N) is 1. The van der Waals surface area contributed by atoms with Crippen molar-refractivity contribution in [3.8, 4) is 0 Å². The second kappa shape index (κ2) is 8.60. The number of carbonyl (C=O) groups excluding carboxylic acids is 1. The lowest BCUT2D eigenvalue weighted by molar-refractivity contribution is 0.101. The first kappa shape index (κ1) is 18.1. The van der Waals surface area contributed by atoms with Crippen molar-refractivity contribution in [2.45, 2.75) is 17.0 Å². The molecule has 4 nitrogen and oxygen atoms in total. The molecule has 0 unspecified atom stereocenters. The van der Waals surface area contributed by atoms with Crippen molar-refractivity contribution in [3.63, 3.8) is 0 Å². The van der Waals surface area contributed by atoms with Crippen LogP contribution in [0.4, 0.5) is 5.13 Å². The van der Waals surface area contributed by atoms with Gasteiger partial charge in [0.2, 0.25) is 5.13 Å². The van der Waals surface area contributed by atoms with Crippen molar-refractivity contribution < 1.29 is 4.79 Å². The molecule has 2 aromatic carbocycles. The van der Waals surface area contributed by atoms with Crippen molar-refractivity contribution in [2.24, 2.45) is 0 Å². The SMILES string of the molecule is Cc1ccccc1CSc1nnc(NCC(=O)c2ccc(Br)cc2)s1. The molecule has 0 aliphatic heterocycles. The maximum absolute atomic E-state index is 12.2. The molecular formula is C18H16BrN3OS2. The fraction of sp³-hybridized carbons (Fsp3) is 0.167. The molecule has 0 saturated heterocycles. The van der Waals surface area contributed by atoms with Crippen molar-refractivity contribution in [3.05, 3.63) is 69.7 Å². The molecule has 0 bridgehead atoms. The summed E-state index contributed by atoms with van der Waals surface area (Å²) in [5.74, 6) is 0.885. The van der Waals surface area contributed by atoms with E-state index >= 15 is 0 Å². The van der Waals surface area contributed by atoms with Gasteiger partial charge in [0.05, 0.1) is 6.54 Å². The van der Waals surface area contributed by atoms with Gasteiger partial charge < -0.3 is 5.32 Å². The summed E-state index contributed by atoms with van der Waals surface area (Å²) in [5, 5.41) is 12.0. The molecule has 25 heavy (non-hydrogen) atoms. The number of aromatic nitrogens is 2. The fourth-order valence-electron chi connectivity index (χ4n) is 2.14. The maximum atomic E-state index is 12.2. The summed E-state index contributed by atoms with van der Waals surface area (Å²) in [4.78, 5) is 12.2. The van der Waals surface area contributed by atoms with Crippen molar-refractivity contribution in [1.29, 1.82) is 0 Å². The largest absolute Gasteiger partial charge is 0.353 e. The van der Waals surface area contributed by atoms with Crippen LogP contribution in [0, 0.1) is 6.92 Å². The van der Waals surface area contributed by atoms with E-state index in [9.17, 15) is 4.79 Å². The van der Waals surface area contributed by atoms with Crippen LogP contribution in [0.5, 0.6) is 0 Å². The Morgan fingerprint density at radius 3 is 2.68 bits per heavy atom. The Bertz CT molecular complexity index is 865. The molecule has 0 spiro atoms. The van der Waals surface area contributed by atoms with Crippen LogP contribution in [-0.2, 0) is 5.75 Å². The number of nitrogens with zero attached hydrogens (tertiary/aromatic N) is 2. The number of thioether (sulfide) groups is 1. The minimum Gasteiger partial charge on any atom is -0.353 e. The number of rotatable bonds is 7. The molecule has 0 fully saturated rings. The van der Waals surface area contributed by atoms with E-state index in [-0.39, 0.29) is 12.3 Å². The fourth-order valence-corrected chi connectivity index (χ4v) is 4.23. The van der Waals surface area contributed by atoms with Crippen LogP contribution in [0.25, 0.3) is 0 Å². The molecule has 3 rings (SSSR count). The quantitative estimate of drug-likeness (QED) is 0.409. The van der Waals surface area contributed by atoms with Gasteiger partial charge in [0.1, 0.15) is 0 Å². The summed E-state index contributed by atoms with van der Waals surface area (Å²) in [5.41, 5.74) is 3.25. The molecule has 1 heterocycles. The van der Waals surface area contributed by atoms with E-state index in [1.807, 2.05) is 24.3 Å². The van der Waals surface area contributed by atoms with Gasteiger partial charge >= 0.3 is 0 Å². The van der Waals surface area contributed by atoms with E-state index in [0.717, 1.165) is 14.6 Å². The van der Waals surface area contributed by atoms with Crippen molar-refractivity contribution >= 4 is 49.9 Å². The normalized spacial score (nSPS) is 10.6. The number of halogens is 1. The monoisotopic (exact) mass is 433 g/mol. The molecule has 0 radical (unpaired) electrons. The minimum atomic E-state index is 0.0248. The molecule has 0 aliphatic rings. The molecule has 0 aliphatic carbocycles. The summed E-state index contributed by atoms with van der Waals surface area (Å²) in [7, 11) is 0. The molecule has 0 amide bonds. The van der Waals surface area contributed by atoms with Gasteiger partial charge in [-0.15, -0.1) is 10.2 Å². The number of carbonyl (C=O) groups is 1. The number of hydrogen-bond donors (Lipinski definition) is 1. The molecule has 3 aromatic rings. The van der Waals surface area contributed by atoms with E-state index in [0.29, 0.717) is 10.7 Å². The van der Waals surface area contributed by atoms with Crippen LogP contribution in [-0.4, -0.2) is 22.5 Å². The minimum absolute atomic E-state index is 0.0248. The van der Waals surface area contributed by atoms with Crippen LogP contribution in [0.15, 0.2) is 57.3 Å². The second-order valence-corrected chi connectivity index (χ2v) is 8.49. The average molecular weight is 434 g/mol. The Morgan fingerprint density at radius 2 is 1.92 bits per heavy atom. The Morgan fingerprint density at radius 1 is 1.16 bits per heavy atom. The van der Waals surface area contributed by atoms with Crippen LogP contribution < -0.4 is 5.32 Å². The first-order chi connectivity index (χ1) is 12.1. The third kappa shape index (κ3) is 5.14. The van der Waals surface area contributed by atoms with E-state index in [1.165, 1.54) is 22.5 Å². The molecule has 0 atom stereocenters. The van der Waals surface area contributed by atoms with Gasteiger partial charge in [0.25, 0.3) is 0 Å². The lowest BCUT2D eigenvalue weighted by Crippen LogP contribution is -2.13. The number of benzene rings is 2. The predicted molar refractivity (Wildman–Crippen MR) is 108 cm³/mol. The van der Waals surface area contributed by atoms with E-state index in [4.69, 9.17) is 0 Å². The van der Waals surface area contributed by atoms with Gasteiger partial charge in [-0.1, -0.05) is 75.4 Å². The average Bonchev–Trinajstić information content (AvgIpc) is 3.07. The zero-order valence-corrected chi connectivity index (χ0v) is 16.7. The van der Waals surface area contributed by atoms with Crippen LogP contribution in [0.3, 0.4) is 0 Å². The van der Waals surface area contributed by atoms with E-state index < -0.39 is 0 Å². The van der Waals surface area contributed by atoms with Gasteiger partial charge in [0, 0.05) is 15.8 Å². The van der Waals surface area contributed by atoms with E-state index in [2.05, 4.69) is 50.5 Å². The topological polar surface area (TPSA) is 54.9 Å². The molecule has 128 valence electrons. The molecule has 1 aromatic heterocycles. The first-order valence-corrected chi connectivity index (χ1v) is 10.2. The third-order valence-corrected chi connectivity index (χ3v) is 6.18. The highest BCUT2D eigenvalue weighted by molar-refractivity contribution is 9.10.